The van der Waals surface area contributed by atoms with Crippen molar-refractivity contribution in [3.63, 3.8) is 0 Å². The molecule has 1 heterocycles. The molecule has 1 aromatic carbocycles. The fourth-order valence-corrected chi connectivity index (χ4v) is 3.60. The summed E-state index contributed by atoms with van der Waals surface area (Å²) in [6.07, 6.45) is 0.795. The lowest BCUT2D eigenvalue weighted by Crippen LogP contribution is -2.47. The van der Waals surface area contributed by atoms with E-state index in [1.165, 1.54) is 0 Å². The van der Waals surface area contributed by atoms with Crippen molar-refractivity contribution in [2.24, 2.45) is 0 Å². The predicted molar refractivity (Wildman–Crippen MR) is 73.8 cm³/mol. The standard InChI is InChI=1S/C13H20N2O3S/c1-3-18-11-4-6-12(7-5-11)19(16,17)15-13(2)8-9-14-10-13/h4-7,14-15H,3,8-10H2,1-2H3. The third kappa shape index (κ3) is 3.46. The number of ether oxygens (including phenoxy) is 1. The first kappa shape index (κ1) is 14.3. The monoisotopic (exact) mass is 284 g/mol. The zero-order valence-electron chi connectivity index (χ0n) is 11.3. The Hall–Kier alpha value is -1.11. The van der Waals surface area contributed by atoms with Crippen molar-refractivity contribution in [2.45, 2.75) is 30.7 Å². The van der Waals surface area contributed by atoms with E-state index < -0.39 is 15.6 Å². The molecule has 6 heteroatoms. The molecule has 0 aromatic heterocycles. The number of nitrogens with one attached hydrogen (secondary N) is 2. The minimum Gasteiger partial charge on any atom is -0.494 e. The molecule has 1 atom stereocenters. The zero-order valence-corrected chi connectivity index (χ0v) is 12.1. The van der Waals surface area contributed by atoms with Crippen molar-refractivity contribution in [3.05, 3.63) is 24.3 Å². The van der Waals surface area contributed by atoms with Crippen LogP contribution in [-0.2, 0) is 10.0 Å². The Morgan fingerprint density at radius 1 is 1.37 bits per heavy atom. The summed E-state index contributed by atoms with van der Waals surface area (Å²) in [7, 11) is -3.48. The van der Waals surface area contributed by atoms with Gasteiger partial charge in [0.1, 0.15) is 5.75 Å². The molecule has 0 aliphatic carbocycles. The van der Waals surface area contributed by atoms with Crippen LogP contribution in [0.4, 0.5) is 0 Å². The number of sulfonamides is 1. The maximum Gasteiger partial charge on any atom is 0.241 e. The Balaban J connectivity index is 2.15. The second-order valence-corrected chi connectivity index (χ2v) is 6.68. The fraction of sp³-hybridized carbons (Fsp3) is 0.538. The Labute approximate surface area is 114 Å². The quantitative estimate of drug-likeness (QED) is 0.850. The van der Waals surface area contributed by atoms with Gasteiger partial charge in [-0.3, -0.25) is 0 Å². The minimum absolute atomic E-state index is 0.268. The Kier molecular flexibility index (Phi) is 4.13. The van der Waals surface area contributed by atoms with Gasteiger partial charge >= 0.3 is 0 Å². The van der Waals surface area contributed by atoms with Crippen LogP contribution >= 0.6 is 0 Å². The van der Waals surface area contributed by atoms with Crippen molar-refractivity contribution in [1.29, 1.82) is 0 Å². The lowest BCUT2D eigenvalue weighted by atomic mass is 10.0. The van der Waals surface area contributed by atoms with E-state index in [2.05, 4.69) is 10.0 Å². The summed E-state index contributed by atoms with van der Waals surface area (Å²) >= 11 is 0. The molecule has 1 aliphatic rings. The normalized spacial score (nSPS) is 23.5. The van der Waals surface area contributed by atoms with Crippen molar-refractivity contribution in [1.82, 2.24) is 10.0 Å². The second-order valence-electron chi connectivity index (χ2n) is 5.00. The first-order valence-electron chi connectivity index (χ1n) is 6.43. The Bertz CT molecular complexity index is 519. The molecule has 0 amide bonds. The molecule has 5 nitrogen and oxygen atoms in total. The van der Waals surface area contributed by atoms with Crippen LogP contribution in [0.5, 0.6) is 5.75 Å². The van der Waals surface area contributed by atoms with Crippen LogP contribution in [0.15, 0.2) is 29.2 Å². The predicted octanol–water partition coefficient (Wildman–Crippen LogP) is 1.12. The minimum atomic E-state index is -3.48. The van der Waals surface area contributed by atoms with Crippen LogP contribution in [0.25, 0.3) is 0 Å². The zero-order chi connectivity index (χ0) is 13.9. The molecule has 0 spiro atoms. The summed E-state index contributed by atoms with van der Waals surface area (Å²) in [6.45, 7) is 5.86. The molecule has 1 aliphatic heterocycles. The van der Waals surface area contributed by atoms with Gasteiger partial charge in [-0.1, -0.05) is 0 Å². The fourth-order valence-electron chi connectivity index (χ4n) is 2.17. The van der Waals surface area contributed by atoms with Crippen LogP contribution in [0.3, 0.4) is 0 Å². The van der Waals surface area contributed by atoms with Gasteiger partial charge in [-0.15, -0.1) is 0 Å². The largest absolute Gasteiger partial charge is 0.494 e. The van der Waals surface area contributed by atoms with Gasteiger partial charge in [-0.2, -0.15) is 0 Å². The van der Waals surface area contributed by atoms with Gasteiger partial charge in [0.2, 0.25) is 10.0 Å². The van der Waals surface area contributed by atoms with Crippen LogP contribution < -0.4 is 14.8 Å². The molecule has 2 rings (SSSR count). The second kappa shape index (κ2) is 5.48. The lowest BCUT2D eigenvalue weighted by Gasteiger charge is -2.24. The first-order chi connectivity index (χ1) is 8.95. The maximum absolute atomic E-state index is 12.3. The van der Waals surface area contributed by atoms with Crippen LogP contribution in [-0.4, -0.2) is 33.7 Å². The highest BCUT2D eigenvalue weighted by molar-refractivity contribution is 7.89. The van der Waals surface area contributed by atoms with E-state index in [0.29, 0.717) is 18.9 Å². The molecule has 0 bridgehead atoms. The Morgan fingerprint density at radius 3 is 2.58 bits per heavy atom. The van der Waals surface area contributed by atoms with Crippen LogP contribution in [0.2, 0.25) is 0 Å². The topological polar surface area (TPSA) is 67.4 Å². The summed E-state index contributed by atoms with van der Waals surface area (Å²) in [4.78, 5) is 0.268. The van der Waals surface area contributed by atoms with Crippen molar-refractivity contribution in [2.75, 3.05) is 19.7 Å². The third-order valence-electron chi connectivity index (χ3n) is 3.19. The highest BCUT2D eigenvalue weighted by Gasteiger charge is 2.33. The van der Waals surface area contributed by atoms with Gasteiger partial charge < -0.3 is 10.1 Å². The Morgan fingerprint density at radius 2 is 2.05 bits per heavy atom. The molecule has 2 N–H and O–H groups in total. The first-order valence-corrected chi connectivity index (χ1v) is 7.91. The van der Waals surface area contributed by atoms with Crippen molar-refractivity contribution < 1.29 is 13.2 Å². The number of benzene rings is 1. The summed E-state index contributed by atoms with van der Waals surface area (Å²) < 4.78 is 32.6. The highest BCUT2D eigenvalue weighted by atomic mass is 32.2. The average Bonchev–Trinajstić information content (AvgIpc) is 2.76. The third-order valence-corrected chi connectivity index (χ3v) is 4.85. The summed E-state index contributed by atoms with van der Waals surface area (Å²) in [5.41, 5.74) is -0.405. The van der Waals surface area contributed by atoms with Crippen molar-refractivity contribution in [3.8, 4) is 5.75 Å². The lowest BCUT2D eigenvalue weighted by molar-refractivity contribution is 0.340. The maximum atomic E-state index is 12.3. The molecule has 106 valence electrons. The van der Waals surface area contributed by atoms with Gasteiger partial charge in [-0.25, -0.2) is 13.1 Å². The highest BCUT2D eigenvalue weighted by Crippen LogP contribution is 2.20. The van der Waals surface area contributed by atoms with E-state index >= 15 is 0 Å². The average molecular weight is 284 g/mol. The number of hydrogen-bond donors (Lipinski definition) is 2. The molecular formula is C13H20N2O3S. The molecule has 0 radical (unpaired) electrons. The van der Waals surface area contributed by atoms with Gasteiger partial charge in [0.05, 0.1) is 11.5 Å². The molecule has 1 unspecified atom stereocenters. The van der Waals surface area contributed by atoms with Gasteiger partial charge in [-0.05, 0) is 51.1 Å². The smallest absolute Gasteiger partial charge is 0.241 e. The van der Waals surface area contributed by atoms with E-state index in [4.69, 9.17) is 4.74 Å². The van der Waals surface area contributed by atoms with E-state index in [1.807, 2.05) is 13.8 Å². The number of hydrogen-bond acceptors (Lipinski definition) is 4. The van der Waals surface area contributed by atoms with E-state index in [0.717, 1.165) is 13.0 Å². The molecule has 19 heavy (non-hydrogen) atoms. The molecule has 0 saturated carbocycles. The van der Waals surface area contributed by atoms with Gasteiger partial charge in [0, 0.05) is 12.1 Å². The summed E-state index contributed by atoms with van der Waals surface area (Å²) in [6, 6.07) is 6.48. The summed E-state index contributed by atoms with van der Waals surface area (Å²) in [5, 5.41) is 3.17. The summed E-state index contributed by atoms with van der Waals surface area (Å²) in [5.74, 6) is 0.676. The van der Waals surface area contributed by atoms with Crippen molar-refractivity contribution >= 4 is 10.0 Å². The van der Waals surface area contributed by atoms with Crippen LogP contribution in [0, 0.1) is 0 Å². The van der Waals surface area contributed by atoms with E-state index in [1.54, 1.807) is 24.3 Å². The molecular weight excluding hydrogens is 264 g/mol. The van der Waals surface area contributed by atoms with Crippen LogP contribution in [0.1, 0.15) is 20.3 Å². The molecule has 1 aromatic rings. The van der Waals surface area contributed by atoms with E-state index in [9.17, 15) is 8.42 Å². The van der Waals surface area contributed by atoms with E-state index in [-0.39, 0.29) is 4.90 Å². The molecule has 1 fully saturated rings. The number of rotatable bonds is 5. The SMILES string of the molecule is CCOc1ccc(S(=O)(=O)NC2(C)CCNC2)cc1. The van der Waals surface area contributed by atoms with Gasteiger partial charge in [0.25, 0.3) is 0 Å². The molecule has 1 saturated heterocycles. The van der Waals surface area contributed by atoms with Gasteiger partial charge in [0.15, 0.2) is 0 Å².